The number of rotatable bonds is 4. The third-order valence-corrected chi connectivity index (χ3v) is 3.40. The van der Waals surface area contributed by atoms with Crippen LogP contribution in [0.3, 0.4) is 0 Å². The van der Waals surface area contributed by atoms with Crippen LogP contribution in [0.15, 0.2) is 35.3 Å². The summed E-state index contributed by atoms with van der Waals surface area (Å²) < 4.78 is 1.60. The van der Waals surface area contributed by atoms with Crippen molar-refractivity contribution in [3.8, 4) is 0 Å². The Bertz CT molecular complexity index is 705. The Balaban J connectivity index is 2.26. The number of hydrogen-bond donors (Lipinski definition) is 1. The zero-order chi connectivity index (χ0) is 15.4. The largest absolute Gasteiger partial charge is 0.346 e. The van der Waals surface area contributed by atoms with Gasteiger partial charge in [-0.1, -0.05) is 6.07 Å². The van der Waals surface area contributed by atoms with E-state index < -0.39 is 0 Å². The van der Waals surface area contributed by atoms with Crippen molar-refractivity contribution in [1.82, 2.24) is 14.9 Å². The predicted molar refractivity (Wildman–Crippen MR) is 81.3 cm³/mol. The van der Waals surface area contributed by atoms with Gasteiger partial charge in [-0.2, -0.15) is 0 Å². The zero-order valence-corrected chi connectivity index (χ0v) is 12.5. The number of nitrogens with one attached hydrogen (secondary N) is 1. The van der Waals surface area contributed by atoms with Gasteiger partial charge in [0, 0.05) is 18.4 Å². The molecular formula is C16H19N3O2. The lowest BCUT2D eigenvalue weighted by Crippen LogP contribution is -2.34. The molecule has 2 heterocycles. The highest BCUT2D eigenvalue weighted by Gasteiger charge is 2.16. The van der Waals surface area contributed by atoms with Crippen LogP contribution in [0.4, 0.5) is 0 Å². The molecule has 2 rings (SSSR count). The Labute approximate surface area is 123 Å². The van der Waals surface area contributed by atoms with Gasteiger partial charge in [0.25, 0.3) is 11.5 Å². The highest BCUT2D eigenvalue weighted by atomic mass is 16.2. The van der Waals surface area contributed by atoms with Crippen molar-refractivity contribution < 1.29 is 4.79 Å². The lowest BCUT2D eigenvalue weighted by molar-refractivity contribution is 0.0947. The number of hydrogen-bond acceptors (Lipinski definition) is 3. The Morgan fingerprint density at radius 3 is 2.71 bits per heavy atom. The number of carbonyl (C=O) groups is 1. The van der Waals surface area contributed by atoms with Crippen LogP contribution in [-0.2, 0) is 13.1 Å². The van der Waals surface area contributed by atoms with Crippen LogP contribution in [0.25, 0.3) is 0 Å². The van der Waals surface area contributed by atoms with E-state index in [2.05, 4.69) is 10.3 Å². The van der Waals surface area contributed by atoms with Gasteiger partial charge in [0.1, 0.15) is 5.56 Å². The quantitative estimate of drug-likeness (QED) is 0.931. The second-order valence-electron chi connectivity index (χ2n) is 4.90. The maximum Gasteiger partial charge on any atom is 0.263 e. The molecule has 21 heavy (non-hydrogen) atoms. The Morgan fingerprint density at radius 1 is 1.33 bits per heavy atom. The summed E-state index contributed by atoms with van der Waals surface area (Å²) in [6, 6.07) is 7.36. The summed E-state index contributed by atoms with van der Waals surface area (Å²) in [6.07, 6.45) is 1.67. The van der Waals surface area contributed by atoms with Crippen LogP contribution in [-0.4, -0.2) is 15.5 Å². The molecule has 0 aromatic carbocycles. The van der Waals surface area contributed by atoms with E-state index in [9.17, 15) is 9.59 Å². The minimum Gasteiger partial charge on any atom is -0.346 e. The van der Waals surface area contributed by atoms with Crippen LogP contribution >= 0.6 is 0 Å². The first-order chi connectivity index (χ1) is 10.0. The summed E-state index contributed by atoms with van der Waals surface area (Å²) in [7, 11) is 0. The van der Waals surface area contributed by atoms with Crippen molar-refractivity contribution in [2.45, 2.75) is 33.9 Å². The highest BCUT2D eigenvalue weighted by Crippen LogP contribution is 2.07. The normalized spacial score (nSPS) is 10.4. The first-order valence-electron chi connectivity index (χ1n) is 6.93. The third-order valence-electron chi connectivity index (χ3n) is 3.40. The van der Waals surface area contributed by atoms with Crippen LogP contribution < -0.4 is 10.9 Å². The van der Waals surface area contributed by atoms with Crippen molar-refractivity contribution in [3.05, 3.63) is 63.3 Å². The van der Waals surface area contributed by atoms with E-state index in [4.69, 9.17) is 0 Å². The lowest BCUT2D eigenvalue weighted by Gasteiger charge is -2.12. The summed E-state index contributed by atoms with van der Waals surface area (Å²) in [4.78, 5) is 28.8. The highest BCUT2D eigenvalue weighted by molar-refractivity contribution is 5.95. The molecule has 5 heteroatoms. The van der Waals surface area contributed by atoms with Crippen LogP contribution in [0, 0.1) is 13.8 Å². The molecule has 0 aliphatic carbocycles. The standard InChI is InChI=1S/C16H19N3O2/c1-4-19-12(3)9-11(2)14(16(19)21)15(20)18-10-13-7-5-6-8-17-13/h5-9H,4,10H2,1-3H3,(H,18,20). The molecule has 0 aliphatic heterocycles. The first kappa shape index (κ1) is 15.0. The average Bonchev–Trinajstić information content (AvgIpc) is 2.46. The average molecular weight is 285 g/mol. The molecule has 1 amide bonds. The van der Waals surface area contributed by atoms with Gasteiger partial charge >= 0.3 is 0 Å². The number of amides is 1. The molecular weight excluding hydrogens is 266 g/mol. The van der Waals surface area contributed by atoms with Crippen LogP contribution in [0.5, 0.6) is 0 Å². The number of nitrogens with zero attached hydrogens (tertiary/aromatic N) is 2. The van der Waals surface area contributed by atoms with Gasteiger partial charge in [-0.25, -0.2) is 0 Å². The van der Waals surface area contributed by atoms with Crippen molar-refractivity contribution in [2.75, 3.05) is 0 Å². The number of aryl methyl sites for hydroxylation is 2. The zero-order valence-electron chi connectivity index (χ0n) is 12.5. The van der Waals surface area contributed by atoms with Gasteiger partial charge in [-0.05, 0) is 44.5 Å². The molecule has 2 aromatic rings. The SMILES string of the molecule is CCn1c(C)cc(C)c(C(=O)NCc2ccccn2)c1=O. The summed E-state index contributed by atoms with van der Waals surface area (Å²) in [5.74, 6) is -0.356. The second kappa shape index (κ2) is 6.35. The fourth-order valence-electron chi connectivity index (χ4n) is 2.36. The monoisotopic (exact) mass is 285 g/mol. The second-order valence-corrected chi connectivity index (χ2v) is 4.90. The molecule has 0 radical (unpaired) electrons. The topological polar surface area (TPSA) is 64.0 Å². The van der Waals surface area contributed by atoms with Gasteiger partial charge < -0.3 is 9.88 Å². The summed E-state index contributed by atoms with van der Waals surface area (Å²) in [6.45, 7) is 6.39. The predicted octanol–water partition coefficient (Wildman–Crippen LogP) is 1.81. The van der Waals surface area contributed by atoms with Crippen LogP contribution in [0.2, 0.25) is 0 Å². The Hall–Kier alpha value is -2.43. The van der Waals surface area contributed by atoms with Crippen molar-refractivity contribution in [3.63, 3.8) is 0 Å². The molecule has 0 aliphatic rings. The minimum atomic E-state index is -0.356. The lowest BCUT2D eigenvalue weighted by atomic mass is 10.1. The molecule has 0 atom stereocenters. The first-order valence-corrected chi connectivity index (χ1v) is 6.93. The molecule has 0 saturated heterocycles. The van der Waals surface area contributed by atoms with E-state index in [-0.39, 0.29) is 17.0 Å². The molecule has 0 spiro atoms. The van der Waals surface area contributed by atoms with Crippen molar-refractivity contribution in [1.29, 1.82) is 0 Å². The van der Waals surface area contributed by atoms with E-state index >= 15 is 0 Å². The number of aromatic nitrogens is 2. The van der Waals surface area contributed by atoms with E-state index in [0.29, 0.717) is 18.7 Å². The van der Waals surface area contributed by atoms with E-state index in [1.165, 1.54) is 0 Å². The Morgan fingerprint density at radius 2 is 2.10 bits per heavy atom. The molecule has 0 fully saturated rings. The fraction of sp³-hybridized carbons (Fsp3) is 0.312. The molecule has 2 aromatic heterocycles. The molecule has 5 nitrogen and oxygen atoms in total. The van der Waals surface area contributed by atoms with Gasteiger partial charge in [-0.3, -0.25) is 14.6 Å². The van der Waals surface area contributed by atoms with Gasteiger partial charge in [0.2, 0.25) is 0 Å². The Kier molecular flexibility index (Phi) is 4.52. The number of carbonyl (C=O) groups excluding carboxylic acids is 1. The summed E-state index contributed by atoms with van der Waals surface area (Å²) >= 11 is 0. The van der Waals surface area contributed by atoms with E-state index in [1.54, 1.807) is 17.7 Å². The maximum atomic E-state index is 12.4. The smallest absolute Gasteiger partial charge is 0.263 e. The molecule has 0 unspecified atom stereocenters. The van der Waals surface area contributed by atoms with Crippen LogP contribution in [0.1, 0.15) is 34.2 Å². The summed E-state index contributed by atoms with van der Waals surface area (Å²) in [5.41, 5.74) is 2.28. The summed E-state index contributed by atoms with van der Waals surface area (Å²) in [5, 5.41) is 2.75. The van der Waals surface area contributed by atoms with E-state index in [0.717, 1.165) is 11.4 Å². The van der Waals surface area contributed by atoms with Gasteiger partial charge in [-0.15, -0.1) is 0 Å². The van der Waals surface area contributed by atoms with Crippen molar-refractivity contribution in [2.24, 2.45) is 0 Å². The third kappa shape index (κ3) is 3.18. The fourth-order valence-corrected chi connectivity index (χ4v) is 2.36. The minimum absolute atomic E-state index is 0.207. The molecule has 0 saturated carbocycles. The molecule has 0 bridgehead atoms. The maximum absolute atomic E-state index is 12.4. The van der Waals surface area contributed by atoms with E-state index in [1.807, 2.05) is 38.1 Å². The number of pyridine rings is 2. The molecule has 1 N–H and O–H groups in total. The van der Waals surface area contributed by atoms with Gasteiger partial charge in [0.05, 0.1) is 12.2 Å². The van der Waals surface area contributed by atoms with Gasteiger partial charge in [0.15, 0.2) is 0 Å². The van der Waals surface area contributed by atoms with Crippen molar-refractivity contribution >= 4 is 5.91 Å². The molecule has 110 valence electrons.